The molecule has 9 nitrogen and oxygen atoms in total. The van der Waals surface area contributed by atoms with Crippen LogP contribution in [0.5, 0.6) is 0 Å². The fourth-order valence-electron chi connectivity index (χ4n) is 4.20. The Labute approximate surface area is 210 Å². The fraction of sp³-hybridized carbons (Fsp3) is 0.280. The number of aliphatic carboxylic acids is 1. The lowest BCUT2D eigenvalue weighted by atomic mass is 9.98. The fourth-order valence-corrected chi connectivity index (χ4v) is 4.53. The summed E-state index contributed by atoms with van der Waals surface area (Å²) in [5.74, 6) is -1.92. The molecule has 1 atom stereocenters. The van der Waals surface area contributed by atoms with E-state index in [0.717, 1.165) is 26.7 Å². The van der Waals surface area contributed by atoms with Crippen molar-refractivity contribution in [1.82, 2.24) is 20.4 Å². The van der Waals surface area contributed by atoms with E-state index < -0.39 is 30.4 Å². The standard InChI is InChI=1S/C25H25BrN4O5/c26-16-13-28-30(14-16)11-5-10-27-24(33)22(12-23(31)32)29-25(34)35-15-21-19-8-3-1-6-17(19)18-7-2-4-9-20(18)21/h1-4,6-9,13-14,21-22H,5,10-12,15H2,(H,27,33)(H,29,34)(H,31,32). The number of carbonyl (C=O) groups is 3. The third-order valence-electron chi connectivity index (χ3n) is 5.80. The van der Waals surface area contributed by atoms with E-state index in [1.54, 1.807) is 10.9 Å². The van der Waals surface area contributed by atoms with Gasteiger partial charge in [-0.15, -0.1) is 0 Å². The molecule has 4 rings (SSSR count). The van der Waals surface area contributed by atoms with Crippen molar-refractivity contribution < 1.29 is 24.2 Å². The number of carboxylic acids is 1. The summed E-state index contributed by atoms with van der Waals surface area (Å²) in [4.78, 5) is 36.3. The van der Waals surface area contributed by atoms with Gasteiger partial charge in [0.25, 0.3) is 0 Å². The van der Waals surface area contributed by atoms with Gasteiger partial charge in [0.1, 0.15) is 12.6 Å². The van der Waals surface area contributed by atoms with Gasteiger partial charge < -0.3 is 20.5 Å². The zero-order valence-electron chi connectivity index (χ0n) is 18.8. The molecule has 0 fully saturated rings. The Balaban J connectivity index is 1.31. The van der Waals surface area contributed by atoms with Crippen LogP contribution in [0.15, 0.2) is 65.4 Å². The first-order chi connectivity index (χ1) is 16.9. The lowest BCUT2D eigenvalue weighted by Crippen LogP contribution is -2.48. The van der Waals surface area contributed by atoms with Crippen molar-refractivity contribution in [2.45, 2.75) is 31.3 Å². The smallest absolute Gasteiger partial charge is 0.407 e. The molecule has 3 N–H and O–H groups in total. The average molecular weight is 541 g/mol. The molecule has 0 saturated heterocycles. The number of nitrogens with zero attached hydrogens (tertiary/aromatic N) is 2. The van der Waals surface area contributed by atoms with Crippen molar-refractivity contribution in [3.63, 3.8) is 0 Å². The van der Waals surface area contributed by atoms with Crippen LogP contribution < -0.4 is 10.6 Å². The summed E-state index contributed by atoms with van der Waals surface area (Å²) < 4.78 is 8.03. The number of nitrogens with one attached hydrogen (secondary N) is 2. The molecule has 0 bridgehead atoms. The summed E-state index contributed by atoms with van der Waals surface area (Å²) in [5.41, 5.74) is 4.32. The molecule has 1 unspecified atom stereocenters. The van der Waals surface area contributed by atoms with Gasteiger partial charge >= 0.3 is 12.1 Å². The van der Waals surface area contributed by atoms with Gasteiger partial charge in [-0.3, -0.25) is 14.3 Å². The molecule has 0 spiro atoms. The molecule has 0 radical (unpaired) electrons. The number of ether oxygens (including phenoxy) is 1. The van der Waals surface area contributed by atoms with E-state index in [1.807, 2.05) is 54.7 Å². The number of benzene rings is 2. The van der Waals surface area contributed by atoms with Crippen LogP contribution in [-0.2, 0) is 20.9 Å². The largest absolute Gasteiger partial charge is 0.481 e. The summed E-state index contributed by atoms with van der Waals surface area (Å²) in [6.45, 7) is 0.953. The van der Waals surface area contributed by atoms with E-state index in [-0.39, 0.29) is 12.5 Å². The summed E-state index contributed by atoms with van der Waals surface area (Å²) in [6, 6.07) is 14.6. The Morgan fingerprint density at radius 3 is 2.34 bits per heavy atom. The topological polar surface area (TPSA) is 123 Å². The third-order valence-corrected chi connectivity index (χ3v) is 6.21. The Hall–Kier alpha value is -3.66. The number of carbonyl (C=O) groups excluding carboxylic acids is 2. The monoisotopic (exact) mass is 540 g/mol. The minimum absolute atomic E-state index is 0.0701. The van der Waals surface area contributed by atoms with Gasteiger partial charge in [0, 0.05) is 25.2 Å². The number of halogens is 1. The average Bonchev–Trinajstić information content (AvgIpc) is 3.40. The SMILES string of the molecule is O=C(O)CC(NC(=O)OCC1c2ccccc2-c2ccccc21)C(=O)NCCCn1cc(Br)cn1. The maximum Gasteiger partial charge on any atom is 0.407 e. The molecule has 0 aliphatic heterocycles. The highest BCUT2D eigenvalue weighted by atomic mass is 79.9. The molecule has 1 heterocycles. The maximum absolute atomic E-state index is 12.5. The first-order valence-corrected chi connectivity index (χ1v) is 12.0. The minimum Gasteiger partial charge on any atom is -0.481 e. The summed E-state index contributed by atoms with van der Waals surface area (Å²) >= 11 is 3.32. The van der Waals surface area contributed by atoms with Crippen LogP contribution in [0.25, 0.3) is 11.1 Å². The molecule has 0 saturated carbocycles. The molecule has 10 heteroatoms. The highest BCUT2D eigenvalue weighted by Gasteiger charge is 2.30. The van der Waals surface area contributed by atoms with Crippen molar-refractivity contribution in [3.05, 3.63) is 76.5 Å². The number of carboxylic acid groups (broad SMARTS) is 1. The van der Waals surface area contributed by atoms with Crippen LogP contribution in [0.2, 0.25) is 0 Å². The predicted octanol–water partition coefficient (Wildman–Crippen LogP) is 3.53. The van der Waals surface area contributed by atoms with E-state index in [2.05, 4.69) is 31.7 Å². The van der Waals surface area contributed by atoms with Crippen molar-refractivity contribution in [2.24, 2.45) is 0 Å². The predicted molar refractivity (Wildman–Crippen MR) is 132 cm³/mol. The van der Waals surface area contributed by atoms with Gasteiger partial charge in [-0.1, -0.05) is 48.5 Å². The van der Waals surface area contributed by atoms with Crippen LogP contribution in [0.3, 0.4) is 0 Å². The third kappa shape index (κ3) is 6.07. The van der Waals surface area contributed by atoms with Crippen molar-refractivity contribution in [1.29, 1.82) is 0 Å². The summed E-state index contributed by atoms with van der Waals surface area (Å²) in [6.07, 6.45) is 2.68. The number of rotatable bonds is 10. The number of hydrogen-bond acceptors (Lipinski definition) is 5. The van der Waals surface area contributed by atoms with Gasteiger partial charge in [0.05, 0.1) is 17.1 Å². The number of fused-ring (bicyclic) bond motifs is 3. The van der Waals surface area contributed by atoms with E-state index >= 15 is 0 Å². The summed E-state index contributed by atoms with van der Waals surface area (Å²) in [5, 5.41) is 18.4. The molecule has 2 amide bonds. The van der Waals surface area contributed by atoms with Crippen molar-refractivity contribution in [2.75, 3.05) is 13.2 Å². The number of hydrogen-bond donors (Lipinski definition) is 3. The lowest BCUT2D eigenvalue weighted by Gasteiger charge is -2.18. The molecule has 182 valence electrons. The van der Waals surface area contributed by atoms with Crippen LogP contribution in [-0.4, -0.2) is 52.1 Å². The first-order valence-electron chi connectivity index (χ1n) is 11.2. The van der Waals surface area contributed by atoms with E-state index in [9.17, 15) is 19.5 Å². The zero-order valence-corrected chi connectivity index (χ0v) is 20.4. The molecule has 1 aromatic heterocycles. The normalized spacial score (nSPS) is 12.9. The van der Waals surface area contributed by atoms with E-state index in [1.165, 1.54) is 0 Å². The number of aryl methyl sites for hydroxylation is 1. The van der Waals surface area contributed by atoms with Crippen LogP contribution in [0.4, 0.5) is 4.79 Å². The molecular weight excluding hydrogens is 516 g/mol. The molecule has 1 aliphatic carbocycles. The molecule has 2 aromatic carbocycles. The molecule has 1 aliphatic rings. The highest BCUT2D eigenvalue weighted by Crippen LogP contribution is 2.44. The van der Waals surface area contributed by atoms with Crippen LogP contribution in [0, 0.1) is 0 Å². The number of aromatic nitrogens is 2. The molecule has 3 aromatic rings. The summed E-state index contributed by atoms with van der Waals surface area (Å²) in [7, 11) is 0. The second-order valence-electron chi connectivity index (χ2n) is 8.19. The van der Waals surface area contributed by atoms with Gasteiger partial charge in [-0.2, -0.15) is 5.10 Å². The Kier molecular flexibility index (Phi) is 7.81. The van der Waals surface area contributed by atoms with Crippen molar-refractivity contribution >= 4 is 33.9 Å². The van der Waals surface area contributed by atoms with Gasteiger partial charge in [-0.05, 0) is 44.6 Å². The Bertz CT molecular complexity index is 1180. The molecular formula is C25H25BrN4O5. The zero-order chi connectivity index (χ0) is 24.8. The van der Waals surface area contributed by atoms with Gasteiger partial charge in [0.15, 0.2) is 0 Å². The Morgan fingerprint density at radius 1 is 1.09 bits per heavy atom. The highest BCUT2D eigenvalue weighted by molar-refractivity contribution is 9.10. The van der Waals surface area contributed by atoms with E-state index in [4.69, 9.17) is 4.74 Å². The maximum atomic E-state index is 12.5. The van der Waals surface area contributed by atoms with Crippen LogP contribution >= 0.6 is 15.9 Å². The second kappa shape index (κ2) is 11.2. The number of alkyl carbamates (subject to hydrolysis) is 1. The van der Waals surface area contributed by atoms with Crippen molar-refractivity contribution in [3.8, 4) is 11.1 Å². The lowest BCUT2D eigenvalue weighted by molar-refractivity contribution is -0.139. The second-order valence-corrected chi connectivity index (χ2v) is 9.10. The van der Waals surface area contributed by atoms with Gasteiger partial charge in [-0.25, -0.2) is 4.79 Å². The minimum atomic E-state index is -1.25. The first kappa shape index (κ1) is 24.5. The quantitative estimate of drug-likeness (QED) is 0.338. The van der Waals surface area contributed by atoms with E-state index in [0.29, 0.717) is 19.5 Å². The molecule has 35 heavy (non-hydrogen) atoms. The van der Waals surface area contributed by atoms with Crippen LogP contribution in [0.1, 0.15) is 29.9 Å². The number of amides is 2. The van der Waals surface area contributed by atoms with Gasteiger partial charge in [0.2, 0.25) is 5.91 Å². The Morgan fingerprint density at radius 2 is 1.74 bits per heavy atom.